The Morgan fingerprint density at radius 3 is 3.00 bits per heavy atom. The van der Waals surface area contributed by atoms with E-state index in [0.29, 0.717) is 13.0 Å². The van der Waals surface area contributed by atoms with Crippen molar-refractivity contribution in [3.8, 4) is 0 Å². The smallest absolute Gasteiger partial charge is 0.226 e. The van der Waals surface area contributed by atoms with E-state index in [2.05, 4.69) is 9.97 Å². The molecule has 3 rings (SSSR count). The Balaban J connectivity index is 1.68. The number of carbonyl (C=O) groups is 1. The van der Waals surface area contributed by atoms with Crippen LogP contribution in [-0.4, -0.2) is 45.1 Å². The Bertz CT molecular complexity index is 644. The second-order valence-electron chi connectivity index (χ2n) is 6.07. The molecule has 2 heterocycles. The van der Waals surface area contributed by atoms with Gasteiger partial charge in [0, 0.05) is 31.4 Å². The molecule has 0 aliphatic heterocycles. The number of carbonyl (C=O) groups excluding carboxylic acids is 1. The average molecular weight is 287 g/mol. The summed E-state index contributed by atoms with van der Waals surface area (Å²) in [5.41, 5.74) is 1.07. The number of aromatic nitrogens is 2. The molecule has 0 aromatic carbocycles. The number of hydrogen-bond donors (Lipinski definition) is 2. The van der Waals surface area contributed by atoms with E-state index in [1.54, 1.807) is 18.1 Å². The first-order chi connectivity index (χ1) is 10.1. The van der Waals surface area contributed by atoms with Gasteiger partial charge in [-0.3, -0.25) is 4.79 Å². The number of nitrogens with one attached hydrogen (secondary N) is 1. The average Bonchev–Trinajstić information content (AvgIpc) is 3.06. The van der Waals surface area contributed by atoms with Gasteiger partial charge in [-0.25, -0.2) is 4.98 Å². The quantitative estimate of drug-likeness (QED) is 0.902. The second kappa shape index (κ2) is 5.48. The first kappa shape index (κ1) is 14.1. The van der Waals surface area contributed by atoms with Gasteiger partial charge in [0.05, 0.1) is 12.0 Å². The zero-order chi connectivity index (χ0) is 14.9. The monoisotopic (exact) mass is 287 g/mol. The summed E-state index contributed by atoms with van der Waals surface area (Å²) in [6.07, 6.45) is 7.58. The van der Waals surface area contributed by atoms with E-state index in [1.165, 1.54) is 0 Å². The van der Waals surface area contributed by atoms with Crippen molar-refractivity contribution >= 4 is 16.9 Å². The van der Waals surface area contributed by atoms with Crippen molar-refractivity contribution in [3.63, 3.8) is 0 Å². The van der Waals surface area contributed by atoms with E-state index in [-0.39, 0.29) is 5.91 Å². The molecule has 2 aromatic heterocycles. The molecule has 0 saturated heterocycles. The van der Waals surface area contributed by atoms with E-state index in [1.807, 2.05) is 18.3 Å². The van der Waals surface area contributed by atoms with E-state index < -0.39 is 5.60 Å². The fraction of sp³-hybridized carbons (Fsp3) is 0.500. The fourth-order valence-electron chi connectivity index (χ4n) is 3.18. The number of hydrogen-bond acceptors (Lipinski definition) is 3. The summed E-state index contributed by atoms with van der Waals surface area (Å²) < 4.78 is 0. The summed E-state index contributed by atoms with van der Waals surface area (Å²) in [4.78, 5) is 21.3. The second-order valence-corrected chi connectivity index (χ2v) is 6.07. The molecular formula is C16H21N3O2. The molecule has 1 aliphatic carbocycles. The summed E-state index contributed by atoms with van der Waals surface area (Å²) in [7, 11) is 1.77. The molecule has 1 aliphatic rings. The van der Waals surface area contributed by atoms with Crippen molar-refractivity contribution in [1.29, 1.82) is 0 Å². The van der Waals surface area contributed by atoms with E-state index >= 15 is 0 Å². The molecule has 1 fully saturated rings. The van der Waals surface area contributed by atoms with Gasteiger partial charge in [0.15, 0.2) is 0 Å². The third-order valence-corrected chi connectivity index (χ3v) is 4.37. The SMILES string of the molecule is CN(CC1(O)CCCC1)C(=O)Cc1c[nH]c2ncccc12. The van der Waals surface area contributed by atoms with E-state index in [0.717, 1.165) is 42.3 Å². The van der Waals surface area contributed by atoms with Crippen LogP contribution < -0.4 is 0 Å². The third-order valence-electron chi connectivity index (χ3n) is 4.37. The predicted octanol–water partition coefficient (Wildman–Crippen LogP) is 1.87. The first-order valence-corrected chi connectivity index (χ1v) is 7.45. The van der Waals surface area contributed by atoms with Crippen molar-refractivity contribution in [3.05, 3.63) is 30.1 Å². The zero-order valence-electron chi connectivity index (χ0n) is 12.3. The Morgan fingerprint density at radius 1 is 1.48 bits per heavy atom. The Hall–Kier alpha value is -1.88. The summed E-state index contributed by atoms with van der Waals surface area (Å²) in [6.45, 7) is 0.423. The summed E-state index contributed by atoms with van der Waals surface area (Å²) in [6, 6.07) is 3.83. The molecule has 0 unspecified atom stereocenters. The molecule has 112 valence electrons. The number of H-pyrrole nitrogens is 1. The van der Waals surface area contributed by atoms with Crippen LogP contribution in [0, 0.1) is 0 Å². The van der Waals surface area contributed by atoms with Gasteiger partial charge in [-0.05, 0) is 30.5 Å². The van der Waals surface area contributed by atoms with Crippen molar-refractivity contribution < 1.29 is 9.90 Å². The van der Waals surface area contributed by atoms with Crippen LogP contribution in [0.1, 0.15) is 31.2 Å². The largest absolute Gasteiger partial charge is 0.388 e. The van der Waals surface area contributed by atoms with Crippen molar-refractivity contribution in [2.75, 3.05) is 13.6 Å². The maximum atomic E-state index is 12.4. The number of nitrogens with zero attached hydrogens (tertiary/aromatic N) is 2. The maximum absolute atomic E-state index is 12.4. The molecule has 0 radical (unpaired) electrons. The summed E-state index contributed by atoms with van der Waals surface area (Å²) in [5.74, 6) is 0.0279. The molecule has 1 amide bonds. The van der Waals surface area contributed by atoms with Crippen LogP contribution in [0.5, 0.6) is 0 Å². The van der Waals surface area contributed by atoms with Crippen molar-refractivity contribution in [1.82, 2.24) is 14.9 Å². The molecule has 5 nitrogen and oxygen atoms in total. The van der Waals surface area contributed by atoms with Crippen LogP contribution in [0.15, 0.2) is 24.5 Å². The van der Waals surface area contributed by atoms with Gasteiger partial charge in [-0.15, -0.1) is 0 Å². The van der Waals surface area contributed by atoms with Crippen molar-refractivity contribution in [2.24, 2.45) is 0 Å². The summed E-state index contributed by atoms with van der Waals surface area (Å²) in [5, 5.41) is 11.4. The maximum Gasteiger partial charge on any atom is 0.226 e. The van der Waals surface area contributed by atoms with Crippen molar-refractivity contribution in [2.45, 2.75) is 37.7 Å². The van der Waals surface area contributed by atoms with Crippen LogP contribution in [0.2, 0.25) is 0 Å². The molecule has 2 N–H and O–H groups in total. The minimum absolute atomic E-state index is 0.0279. The molecule has 5 heteroatoms. The Kier molecular flexibility index (Phi) is 3.68. The van der Waals surface area contributed by atoms with Gasteiger partial charge >= 0.3 is 0 Å². The molecule has 0 atom stereocenters. The lowest BCUT2D eigenvalue weighted by Gasteiger charge is -2.28. The van der Waals surface area contributed by atoms with Gasteiger partial charge in [0.2, 0.25) is 5.91 Å². The highest BCUT2D eigenvalue weighted by Crippen LogP contribution is 2.30. The number of amides is 1. The Morgan fingerprint density at radius 2 is 2.24 bits per heavy atom. The van der Waals surface area contributed by atoms with Crippen LogP contribution in [0.4, 0.5) is 0 Å². The molecule has 0 spiro atoms. The first-order valence-electron chi connectivity index (χ1n) is 7.45. The predicted molar refractivity (Wildman–Crippen MR) is 80.9 cm³/mol. The molecular weight excluding hydrogens is 266 g/mol. The number of pyridine rings is 1. The molecule has 1 saturated carbocycles. The van der Waals surface area contributed by atoms with Crippen LogP contribution in [0.3, 0.4) is 0 Å². The number of aliphatic hydroxyl groups is 1. The standard InChI is InChI=1S/C16H21N3O2/c1-19(11-16(21)6-2-3-7-16)14(20)9-12-10-18-15-13(12)5-4-8-17-15/h4-5,8,10,21H,2-3,6-7,9,11H2,1H3,(H,17,18). The number of aromatic amines is 1. The molecule has 2 aromatic rings. The number of rotatable bonds is 4. The topological polar surface area (TPSA) is 69.2 Å². The van der Waals surface area contributed by atoms with E-state index in [4.69, 9.17) is 0 Å². The highest BCUT2D eigenvalue weighted by Gasteiger charge is 2.33. The minimum Gasteiger partial charge on any atom is -0.388 e. The fourth-order valence-corrected chi connectivity index (χ4v) is 3.18. The van der Waals surface area contributed by atoms with Gasteiger partial charge < -0.3 is 15.0 Å². The van der Waals surface area contributed by atoms with Gasteiger partial charge in [0.25, 0.3) is 0 Å². The van der Waals surface area contributed by atoms with Crippen LogP contribution in [0.25, 0.3) is 11.0 Å². The minimum atomic E-state index is -0.688. The molecule has 21 heavy (non-hydrogen) atoms. The van der Waals surface area contributed by atoms with E-state index in [9.17, 15) is 9.90 Å². The molecule has 0 bridgehead atoms. The number of likely N-dealkylation sites (N-methyl/N-ethyl adjacent to an activating group) is 1. The lowest BCUT2D eigenvalue weighted by atomic mass is 10.0. The third kappa shape index (κ3) is 2.93. The normalized spacial score (nSPS) is 17.2. The van der Waals surface area contributed by atoms with Gasteiger partial charge in [-0.2, -0.15) is 0 Å². The lowest BCUT2D eigenvalue weighted by Crippen LogP contribution is -2.42. The highest BCUT2D eigenvalue weighted by atomic mass is 16.3. The zero-order valence-corrected chi connectivity index (χ0v) is 12.3. The van der Waals surface area contributed by atoms with Gasteiger partial charge in [-0.1, -0.05) is 12.8 Å². The lowest BCUT2D eigenvalue weighted by molar-refractivity contribution is -0.132. The number of fused-ring (bicyclic) bond motifs is 1. The summed E-state index contributed by atoms with van der Waals surface area (Å²) >= 11 is 0. The van der Waals surface area contributed by atoms with Gasteiger partial charge in [0.1, 0.15) is 5.65 Å². The van der Waals surface area contributed by atoms with Crippen LogP contribution >= 0.6 is 0 Å². The Labute approximate surface area is 124 Å². The van der Waals surface area contributed by atoms with Crippen LogP contribution in [-0.2, 0) is 11.2 Å². The highest BCUT2D eigenvalue weighted by molar-refractivity contribution is 5.87.